The average Bonchev–Trinajstić information content (AvgIpc) is 2.50. The summed E-state index contributed by atoms with van der Waals surface area (Å²) in [6.07, 6.45) is 1.20. The topological polar surface area (TPSA) is 54.2 Å². The molecular formula is C11H15BrN4S. The number of nitrogens with two attached hydrogens (primary N) is 1. The van der Waals surface area contributed by atoms with Crippen LogP contribution in [-0.4, -0.2) is 36.4 Å². The Bertz CT molecular complexity index is 440. The number of aromatic nitrogens is 1. The van der Waals surface area contributed by atoms with Crippen LogP contribution in [0.25, 0.3) is 0 Å². The molecule has 2 aliphatic heterocycles. The maximum Gasteiger partial charge on any atom is 0.145 e. The minimum absolute atomic E-state index is 0.561. The van der Waals surface area contributed by atoms with E-state index in [2.05, 4.69) is 37.2 Å². The summed E-state index contributed by atoms with van der Waals surface area (Å²) in [5, 5.41) is 3.45. The fraction of sp³-hybridized carbons (Fsp3) is 0.545. The molecule has 0 unspecified atom stereocenters. The van der Waals surface area contributed by atoms with E-state index in [0.29, 0.717) is 11.9 Å². The first-order chi connectivity index (χ1) is 8.25. The summed E-state index contributed by atoms with van der Waals surface area (Å²) in [5.41, 5.74) is 5.91. The number of rotatable bonds is 0. The van der Waals surface area contributed by atoms with Crippen LogP contribution in [0.4, 0.5) is 11.6 Å². The van der Waals surface area contributed by atoms with E-state index >= 15 is 0 Å². The molecular weight excluding hydrogens is 300 g/mol. The molecule has 3 heterocycles. The second kappa shape index (κ2) is 4.66. The fourth-order valence-electron chi connectivity index (χ4n) is 2.39. The van der Waals surface area contributed by atoms with E-state index in [1.54, 1.807) is 0 Å². The van der Waals surface area contributed by atoms with Gasteiger partial charge in [-0.25, -0.2) is 4.98 Å². The van der Waals surface area contributed by atoms with Gasteiger partial charge in [0.2, 0.25) is 0 Å². The molecule has 0 bridgehead atoms. The largest absolute Gasteiger partial charge is 0.383 e. The number of hydrogen-bond acceptors (Lipinski definition) is 5. The van der Waals surface area contributed by atoms with Crippen molar-refractivity contribution in [2.75, 3.05) is 36.0 Å². The molecule has 2 aliphatic rings. The molecule has 3 rings (SSSR count). The number of pyridine rings is 1. The highest BCUT2D eigenvalue weighted by Crippen LogP contribution is 2.38. The molecule has 1 fully saturated rings. The second-order valence-corrected chi connectivity index (χ2v) is 6.36. The third-order valence-electron chi connectivity index (χ3n) is 3.28. The molecule has 92 valence electrons. The molecule has 0 amide bonds. The molecule has 17 heavy (non-hydrogen) atoms. The highest BCUT2D eigenvalue weighted by molar-refractivity contribution is 9.10. The van der Waals surface area contributed by atoms with Crippen molar-refractivity contribution in [3.8, 4) is 0 Å². The number of hydrogen-bond donors (Lipinski definition) is 2. The van der Waals surface area contributed by atoms with Crippen molar-refractivity contribution < 1.29 is 0 Å². The highest BCUT2D eigenvalue weighted by Gasteiger charge is 2.28. The van der Waals surface area contributed by atoms with Crippen LogP contribution in [0.1, 0.15) is 6.42 Å². The van der Waals surface area contributed by atoms with Gasteiger partial charge in [-0.05, 0) is 28.4 Å². The molecule has 1 atom stereocenters. The summed E-state index contributed by atoms with van der Waals surface area (Å²) < 4.78 is 0.900. The molecule has 0 aliphatic carbocycles. The van der Waals surface area contributed by atoms with E-state index in [1.807, 2.05) is 11.8 Å². The summed E-state index contributed by atoms with van der Waals surface area (Å²) in [4.78, 5) is 8.22. The lowest BCUT2D eigenvalue weighted by molar-refractivity contribution is 0.465. The molecule has 0 radical (unpaired) electrons. The van der Waals surface area contributed by atoms with Crippen LogP contribution in [0.5, 0.6) is 0 Å². The van der Waals surface area contributed by atoms with Crippen molar-refractivity contribution in [2.24, 2.45) is 0 Å². The predicted octanol–water partition coefficient (Wildman–Crippen LogP) is 1.70. The summed E-state index contributed by atoms with van der Waals surface area (Å²) in [7, 11) is 0. The van der Waals surface area contributed by atoms with E-state index in [-0.39, 0.29) is 0 Å². The van der Waals surface area contributed by atoms with E-state index in [1.165, 1.54) is 11.3 Å². The first kappa shape index (κ1) is 11.6. The Morgan fingerprint density at radius 2 is 2.47 bits per heavy atom. The molecule has 0 aromatic carbocycles. The smallest absolute Gasteiger partial charge is 0.145 e. The summed E-state index contributed by atoms with van der Waals surface area (Å²) in [5.74, 6) is 2.80. The Balaban J connectivity index is 2.05. The minimum atomic E-state index is 0.561. The van der Waals surface area contributed by atoms with E-state index in [4.69, 9.17) is 5.73 Å². The van der Waals surface area contributed by atoms with Crippen molar-refractivity contribution >= 4 is 39.3 Å². The number of nitrogens with one attached hydrogen (secondary N) is 1. The van der Waals surface area contributed by atoms with Crippen LogP contribution in [0.2, 0.25) is 0 Å². The lowest BCUT2D eigenvalue weighted by Crippen LogP contribution is -2.51. The Morgan fingerprint density at radius 1 is 1.59 bits per heavy atom. The average molecular weight is 315 g/mol. The first-order valence-corrected chi connectivity index (χ1v) is 7.60. The molecule has 4 nitrogen and oxygen atoms in total. The zero-order valence-electron chi connectivity index (χ0n) is 9.45. The maximum atomic E-state index is 5.91. The van der Waals surface area contributed by atoms with Crippen molar-refractivity contribution in [1.29, 1.82) is 0 Å². The van der Waals surface area contributed by atoms with E-state index in [0.717, 1.165) is 35.7 Å². The summed E-state index contributed by atoms with van der Waals surface area (Å²) >= 11 is 5.34. The lowest BCUT2D eigenvalue weighted by atomic mass is 10.1. The molecule has 1 saturated heterocycles. The number of thioether (sulfide) groups is 1. The van der Waals surface area contributed by atoms with Gasteiger partial charge in [-0.3, -0.25) is 0 Å². The van der Waals surface area contributed by atoms with Gasteiger partial charge in [-0.2, -0.15) is 0 Å². The normalized spacial score (nSPS) is 23.8. The van der Waals surface area contributed by atoms with Crippen LogP contribution >= 0.6 is 27.7 Å². The first-order valence-electron chi connectivity index (χ1n) is 5.82. The maximum absolute atomic E-state index is 5.91. The fourth-order valence-corrected chi connectivity index (χ4v) is 3.96. The Morgan fingerprint density at radius 3 is 3.35 bits per heavy atom. The second-order valence-electron chi connectivity index (χ2n) is 4.37. The van der Waals surface area contributed by atoms with Gasteiger partial charge in [0.15, 0.2) is 0 Å². The van der Waals surface area contributed by atoms with Gasteiger partial charge >= 0.3 is 0 Å². The molecule has 0 spiro atoms. The standard InChI is InChI=1S/C11H15BrN4S/c12-8-5-9-11(15-10(8)13)16-3-2-14-6-7(16)1-4-17-9/h5,7,14H,1-4,6H2,(H2,13,15)/t7-/m0/s1. The number of anilines is 2. The van der Waals surface area contributed by atoms with Crippen molar-refractivity contribution in [3.63, 3.8) is 0 Å². The van der Waals surface area contributed by atoms with Gasteiger partial charge in [0.05, 0.1) is 9.37 Å². The highest BCUT2D eigenvalue weighted by atomic mass is 79.9. The monoisotopic (exact) mass is 314 g/mol. The number of nitrogen functional groups attached to an aromatic ring is 1. The third-order valence-corrected chi connectivity index (χ3v) is 4.97. The van der Waals surface area contributed by atoms with Gasteiger partial charge in [0.1, 0.15) is 11.6 Å². The minimum Gasteiger partial charge on any atom is -0.383 e. The Labute approximate surface area is 113 Å². The lowest BCUT2D eigenvalue weighted by Gasteiger charge is -2.36. The quantitative estimate of drug-likeness (QED) is 0.763. The Kier molecular flexibility index (Phi) is 3.19. The molecule has 3 N–H and O–H groups in total. The van der Waals surface area contributed by atoms with Crippen molar-refractivity contribution in [2.45, 2.75) is 17.4 Å². The molecule has 1 aromatic rings. The van der Waals surface area contributed by atoms with Crippen molar-refractivity contribution in [1.82, 2.24) is 10.3 Å². The van der Waals surface area contributed by atoms with Crippen LogP contribution in [0.3, 0.4) is 0 Å². The van der Waals surface area contributed by atoms with Gasteiger partial charge in [0.25, 0.3) is 0 Å². The predicted molar refractivity (Wildman–Crippen MR) is 75.7 cm³/mol. The van der Waals surface area contributed by atoms with E-state index < -0.39 is 0 Å². The molecule has 6 heteroatoms. The summed E-state index contributed by atoms with van der Waals surface area (Å²) in [6.45, 7) is 3.10. The third kappa shape index (κ3) is 2.13. The van der Waals surface area contributed by atoms with Gasteiger partial charge < -0.3 is 16.0 Å². The Hall–Kier alpha value is -0.460. The number of piperazine rings is 1. The SMILES string of the molecule is Nc1nc2c(cc1Br)SCC[C@H]1CNCCN21. The van der Waals surface area contributed by atoms with E-state index in [9.17, 15) is 0 Å². The van der Waals surface area contributed by atoms with Crippen LogP contribution < -0.4 is 16.0 Å². The molecule has 1 aromatic heterocycles. The van der Waals surface area contributed by atoms with Gasteiger partial charge in [-0.15, -0.1) is 11.8 Å². The number of halogens is 1. The number of nitrogens with zero attached hydrogens (tertiary/aromatic N) is 2. The zero-order valence-corrected chi connectivity index (χ0v) is 11.9. The zero-order chi connectivity index (χ0) is 11.8. The van der Waals surface area contributed by atoms with Crippen LogP contribution in [0.15, 0.2) is 15.4 Å². The van der Waals surface area contributed by atoms with Gasteiger partial charge in [0, 0.05) is 31.4 Å². The van der Waals surface area contributed by atoms with Crippen LogP contribution in [0, 0.1) is 0 Å². The summed E-state index contributed by atoms with van der Waals surface area (Å²) in [6, 6.07) is 2.66. The van der Waals surface area contributed by atoms with Gasteiger partial charge in [-0.1, -0.05) is 0 Å². The molecule has 0 saturated carbocycles. The van der Waals surface area contributed by atoms with Crippen molar-refractivity contribution in [3.05, 3.63) is 10.5 Å². The number of fused-ring (bicyclic) bond motifs is 3. The van der Waals surface area contributed by atoms with Crippen LogP contribution in [-0.2, 0) is 0 Å².